The molecule has 1 aliphatic heterocycles. The predicted octanol–water partition coefficient (Wildman–Crippen LogP) is -0.117. The van der Waals surface area contributed by atoms with Crippen LogP contribution >= 0.6 is 0 Å². The third kappa shape index (κ3) is 1.76. The van der Waals surface area contributed by atoms with Gasteiger partial charge in [-0.25, -0.2) is 0 Å². The summed E-state index contributed by atoms with van der Waals surface area (Å²) >= 11 is 0. The number of hydrogen-bond acceptors (Lipinski definition) is 3. The molecule has 0 aromatic rings. The quantitative estimate of drug-likeness (QED) is 0.580. The first-order chi connectivity index (χ1) is 5.46. The molecule has 0 aromatic heterocycles. The van der Waals surface area contributed by atoms with Gasteiger partial charge in [0.05, 0.1) is 0 Å². The molecular weight excluding hydrogens is 156 g/mol. The number of nitrogens with one attached hydrogen (secondary N) is 1. The van der Waals surface area contributed by atoms with Crippen LogP contribution in [0, 0.1) is 0 Å². The number of amides is 1. The van der Waals surface area contributed by atoms with Gasteiger partial charge in [0.1, 0.15) is 0 Å². The van der Waals surface area contributed by atoms with Gasteiger partial charge in [0.25, 0.3) is 0 Å². The van der Waals surface area contributed by atoms with Crippen LogP contribution in [0.2, 0.25) is 0 Å². The monoisotopic (exact) mass is 172 g/mol. The lowest BCUT2D eigenvalue weighted by Crippen LogP contribution is -2.62. The maximum absolute atomic E-state index is 11.4. The molecular formula is C8H16N2O2. The van der Waals surface area contributed by atoms with Crippen LogP contribution in [-0.4, -0.2) is 34.3 Å². The Hall–Kier alpha value is -0.610. The third-order valence-corrected chi connectivity index (χ3v) is 2.07. The van der Waals surface area contributed by atoms with Gasteiger partial charge >= 0.3 is 0 Å². The first kappa shape index (κ1) is 9.48. The molecule has 4 heteroatoms. The summed E-state index contributed by atoms with van der Waals surface area (Å²) < 4.78 is 0. The minimum Gasteiger partial charge on any atom is -0.361 e. The van der Waals surface area contributed by atoms with Gasteiger partial charge in [0, 0.05) is 18.5 Å². The summed E-state index contributed by atoms with van der Waals surface area (Å²) in [5.74, 6) is 0.00810. The van der Waals surface area contributed by atoms with Gasteiger partial charge in [-0.2, -0.15) is 0 Å². The van der Waals surface area contributed by atoms with Crippen LogP contribution in [-0.2, 0) is 4.79 Å². The Bertz CT molecular complexity index is 191. The lowest BCUT2D eigenvalue weighted by atomic mass is 9.98. The fraction of sp³-hybridized carbons (Fsp3) is 0.875. The van der Waals surface area contributed by atoms with Crippen LogP contribution in [0.15, 0.2) is 0 Å². The topological polar surface area (TPSA) is 52.6 Å². The molecule has 0 bridgehead atoms. The van der Waals surface area contributed by atoms with Crippen LogP contribution in [0.1, 0.15) is 27.2 Å². The van der Waals surface area contributed by atoms with E-state index in [0.717, 1.165) is 0 Å². The van der Waals surface area contributed by atoms with Crippen molar-refractivity contribution in [2.24, 2.45) is 0 Å². The summed E-state index contributed by atoms with van der Waals surface area (Å²) in [6, 6.07) is 0. The van der Waals surface area contributed by atoms with Gasteiger partial charge in [-0.1, -0.05) is 0 Å². The van der Waals surface area contributed by atoms with Crippen molar-refractivity contribution in [1.29, 1.82) is 0 Å². The van der Waals surface area contributed by atoms with Gasteiger partial charge in [-0.3, -0.25) is 10.1 Å². The summed E-state index contributed by atoms with van der Waals surface area (Å²) in [5.41, 5.74) is -0.290. The minimum atomic E-state index is -0.828. The lowest BCUT2D eigenvalue weighted by molar-refractivity contribution is -0.154. The van der Waals surface area contributed by atoms with Gasteiger partial charge < -0.3 is 10.0 Å². The Labute approximate surface area is 72.6 Å². The normalized spacial score (nSPS) is 29.2. The molecule has 1 unspecified atom stereocenters. The van der Waals surface area contributed by atoms with E-state index in [9.17, 15) is 9.90 Å². The predicted molar refractivity (Wildman–Crippen MR) is 45.2 cm³/mol. The van der Waals surface area contributed by atoms with E-state index in [1.807, 2.05) is 20.8 Å². The number of carbonyl (C=O) groups excluding carboxylic acids is 1. The summed E-state index contributed by atoms with van der Waals surface area (Å²) in [5, 5.41) is 12.4. The largest absolute Gasteiger partial charge is 0.361 e. The first-order valence-corrected chi connectivity index (χ1v) is 4.21. The Morgan fingerprint density at radius 1 is 1.75 bits per heavy atom. The zero-order valence-corrected chi connectivity index (χ0v) is 7.79. The van der Waals surface area contributed by atoms with Crippen molar-refractivity contribution in [3.63, 3.8) is 0 Å². The molecule has 0 aliphatic carbocycles. The zero-order chi connectivity index (χ0) is 9.35. The van der Waals surface area contributed by atoms with E-state index in [0.29, 0.717) is 13.0 Å². The van der Waals surface area contributed by atoms with Crippen LogP contribution < -0.4 is 5.32 Å². The Morgan fingerprint density at radius 2 is 2.33 bits per heavy atom. The highest BCUT2D eigenvalue weighted by Gasteiger charge is 2.35. The second-order valence-electron chi connectivity index (χ2n) is 3.76. The first-order valence-electron chi connectivity index (χ1n) is 4.21. The van der Waals surface area contributed by atoms with Crippen LogP contribution in [0.25, 0.3) is 0 Å². The Kier molecular flexibility index (Phi) is 2.39. The van der Waals surface area contributed by atoms with Crippen molar-refractivity contribution in [2.45, 2.75) is 39.1 Å². The summed E-state index contributed by atoms with van der Waals surface area (Å²) in [6.07, 6.45) is -0.385. The third-order valence-electron chi connectivity index (χ3n) is 2.07. The van der Waals surface area contributed by atoms with E-state index < -0.39 is 6.35 Å². The Balaban J connectivity index is 2.70. The molecule has 2 N–H and O–H groups in total. The highest BCUT2D eigenvalue weighted by atomic mass is 16.3. The molecule has 1 heterocycles. The second-order valence-corrected chi connectivity index (χ2v) is 3.76. The second kappa shape index (κ2) is 3.03. The van der Waals surface area contributed by atoms with Crippen molar-refractivity contribution in [1.82, 2.24) is 10.2 Å². The number of hydrogen-bond donors (Lipinski definition) is 2. The minimum absolute atomic E-state index is 0.00810. The number of rotatable bonds is 1. The standard InChI is InChI=1S/C8H16N2O2/c1-4-10-6(11)5-8(2,3)9-7(10)12/h7,9,12H,4-5H2,1-3H3. The highest BCUT2D eigenvalue weighted by Crippen LogP contribution is 2.17. The zero-order valence-electron chi connectivity index (χ0n) is 7.79. The smallest absolute Gasteiger partial charge is 0.227 e. The van der Waals surface area contributed by atoms with E-state index in [2.05, 4.69) is 5.32 Å². The average molecular weight is 172 g/mol. The van der Waals surface area contributed by atoms with Crippen molar-refractivity contribution < 1.29 is 9.90 Å². The molecule has 0 aromatic carbocycles. The van der Waals surface area contributed by atoms with E-state index in [1.54, 1.807) is 0 Å². The molecule has 1 saturated heterocycles. The fourth-order valence-corrected chi connectivity index (χ4v) is 1.44. The molecule has 0 radical (unpaired) electrons. The molecule has 1 rings (SSSR count). The molecule has 4 nitrogen and oxygen atoms in total. The van der Waals surface area contributed by atoms with Crippen LogP contribution in [0.4, 0.5) is 0 Å². The van der Waals surface area contributed by atoms with Gasteiger partial charge in [-0.15, -0.1) is 0 Å². The molecule has 1 atom stereocenters. The SMILES string of the molecule is CCN1C(=O)CC(C)(C)NC1O. The summed E-state index contributed by atoms with van der Waals surface area (Å²) in [6.45, 7) is 6.20. The van der Waals surface area contributed by atoms with Crippen molar-refractivity contribution in [3.05, 3.63) is 0 Å². The van der Waals surface area contributed by atoms with Crippen LogP contribution in [0.3, 0.4) is 0 Å². The lowest BCUT2D eigenvalue weighted by Gasteiger charge is -2.41. The molecule has 0 spiro atoms. The number of aliphatic hydroxyl groups is 1. The van der Waals surface area contributed by atoms with E-state index in [4.69, 9.17) is 0 Å². The van der Waals surface area contributed by atoms with E-state index in [1.165, 1.54) is 4.90 Å². The average Bonchev–Trinajstić information content (AvgIpc) is 1.82. The van der Waals surface area contributed by atoms with E-state index in [-0.39, 0.29) is 11.4 Å². The van der Waals surface area contributed by atoms with Crippen LogP contribution in [0.5, 0.6) is 0 Å². The van der Waals surface area contributed by atoms with Gasteiger partial charge in [0.2, 0.25) is 5.91 Å². The fourth-order valence-electron chi connectivity index (χ4n) is 1.44. The summed E-state index contributed by atoms with van der Waals surface area (Å²) in [4.78, 5) is 12.8. The molecule has 0 saturated carbocycles. The molecule has 12 heavy (non-hydrogen) atoms. The number of aliphatic hydroxyl groups excluding tert-OH is 1. The maximum Gasteiger partial charge on any atom is 0.227 e. The molecule has 1 amide bonds. The molecule has 70 valence electrons. The van der Waals surface area contributed by atoms with Crippen molar-refractivity contribution >= 4 is 5.91 Å². The number of carbonyl (C=O) groups is 1. The molecule has 1 aliphatic rings. The van der Waals surface area contributed by atoms with Gasteiger partial charge in [-0.05, 0) is 20.8 Å². The van der Waals surface area contributed by atoms with Gasteiger partial charge in [0.15, 0.2) is 6.35 Å². The highest BCUT2D eigenvalue weighted by molar-refractivity contribution is 5.78. The van der Waals surface area contributed by atoms with E-state index >= 15 is 0 Å². The van der Waals surface area contributed by atoms with Crippen molar-refractivity contribution in [2.75, 3.05) is 6.54 Å². The number of nitrogens with zero attached hydrogens (tertiary/aromatic N) is 1. The summed E-state index contributed by atoms with van der Waals surface area (Å²) in [7, 11) is 0. The van der Waals surface area contributed by atoms with Crippen molar-refractivity contribution in [3.8, 4) is 0 Å². The maximum atomic E-state index is 11.4. The molecule has 1 fully saturated rings. The Morgan fingerprint density at radius 3 is 2.75 bits per heavy atom.